The van der Waals surface area contributed by atoms with E-state index in [1.165, 1.54) is 0 Å². The van der Waals surface area contributed by atoms with E-state index >= 15 is 0 Å². The van der Waals surface area contributed by atoms with Crippen molar-refractivity contribution in [2.24, 2.45) is 0 Å². The van der Waals surface area contributed by atoms with Gasteiger partial charge < -0.3 is 52.1 Å². The van der Waals surface area contributed by atoms with Crippen molar-refractivity contribution in [3.05, 3.63) is 12.7 Å². The van der Waals surface area contributed by atoms with E-state index in [9.17, 15) is 33.6 Å². The Morgan fingerprint density at radius 2 is 0.918 bits per heavy atom. The lowest BCUT2D eigenvalue weighted by molar-refractivity contribution is -0.368. The highest BCUT2D eigenvalue weighted by molar-refractivity contribution is 5.69. The van der Waals surface area contributed by atoms with Crippen molar-refractivity contribution < 1.29 is 85.7 Å². The van der Waals surface area contributed by atoms with Crippen molar-refractivity contribution >= 4 is 41.8 Å². The van der Waals surface area contributed by atoms with Crippen molar-refractivity contribution in [3.63, 3.8) is 0 Å². The minimum absolute atomic E-state index is 0.0421. The van der Waals surface area contributed by atoms with Gasteiger partial charge in [-0.1, -0.05) is 6.08 Å². The van der Waals surface area contributed by atoms with Crippen LogP contribution in [0.5, 0.6) is 0 Å². The first-order valence-corrected chi connectivity index (χ1v) is 15.4. The van der Waals surface area contributed by atoms with Crippen molar-refractivity contribution in [3.8, 4) is 0 Å². The van der Waals surface area contributed by atoms with E-state index in [1.54, 1.807) is 6.08 Å². The van der Waals surface area contributed by atoms with Crippen LogP contribution in [0.15, 0.2) is 12.7 Å². The zero-order valence-electron chi connectivity index (χ0n) is 28.4. The molecule has 0 aliphatic carbocycles. The number of carbonyl (C=O) groups is 7. The lowest BCUT2D eigenvalue weighted by Crippen LogP contribution is -2.67. The smallest absolute Gasteiger partial charge is 0.303 e. The molecular weight excluding hydrogens is 660 g/mol. The molecule has 0 aromatic heterocycles. The largest absolute Gasteiger partial charge is 0.463 e. The summed E-state index contributed by atoms with van der Waals surface area (Å²) in [6.45, 7) is 10.3. The first-order valence-electron chi connectivity index (χ1n) is 15.4. The van der Waals surface area contributed by atoms with Crippen molar-refractivity contribution in [2.75, 3.05) is 19.8 Å². The van der Waals surface area contributed by atoms with Gasteiger partial charge >= 0.3 is 41.8 Å². The summed E-state index contributed by atoms with van der Waals surface area (Å²) in [5.41, 5.74) is 0. The molecule has 4 unspecified atom stereocenters. The molecule has 276 valence electrons. The molecule has 0 saturated carbocycles. The molecule has 2 heterocycles. The monoisotopic (exact) mass is 704 g/mol. The molecule has 2 fully saturated rings. The number of hydrogen-bond donors (Lipinski definition) is 0. The number of allylic oxidation sites excluding steroid dienone is 1. The van der Waals surface area contributed by atoms with Gasteiger partial charge in [0.05, 0.1) is 6.61 Å². The molecule has 0 N–H and O–H groups in total. The standard InChI is InChI=1S/C31H44O18/c1-9-10-11-12-39-30-28(26(44-19(6)36)24(42-17(4)34)22(47-30)13-40-15(2)32)49-31-29(46-21(8)38)27(45-20(7)37)25(43-18(5)35)23(48-31)14-41-16(3)33/h9,22-31H,1,10-14H2,2-8H3/t22?,23?,24-,25-,26+,27+,28?,29?,30-,31+/m1/s1. The minimum atomic E-state index is -1.76. The molecule has 0 radical (unpaired) electrons. The van der Waals surface area contributed by atoms with Gasteiger partial charge in [-0.15, -0.1) is 6.58 Å². The van der Waals surface area contributed by atoms with E-state index in [0.29, 0.717) is 12.8 Å². The number of ether oxygens (including phenoxy) is 11. The molecule has 0 aromatic carbocycles. The highest BCUT2D eigenvalue weighted by atomic mass is 16.8. The zero-order valence-corrected chi connectivity index (χ0v) is 28.4. The second-order valence-electron chi connectivity index (χ2n) is 11.0. The highest BCUT2D eigenvalue weighted by Crippen LogP contribution is 2.35. The van der Waals surface area contributed by atoms with Gasteiger partial charge in [-0.05, 0) is 12.8 Å². The van der Waals surface area contributed by atoms with Gasteiger partial charge in [0.1, 0.15) is 25.4 Å². The third-order valence-electron chi connectivity index (χ3n) is 6.72. The van der Waals surface area contributed by atoms with Crippen LogP contribution in [0.25, 0.3) is 0 Å². The van der Waals surface area contributed by atoms with Crippen LogP contribution in [-0.2, 0) is 85.7 Å². The van der Waals surface area contributed by atoms with Gasteiger partial charge in [-0.25, -0.2) is 0 Å². The van der Waals surface area contributed by atoms with Gasteiger partial charge in [-0.3, -0.25) is 33.6 Å². The number of hydrogen-bond acceptors (Lipinski definition) is 18. The van der Waals surface area contributed by atoms with Crippen molar-refractivity contribution in [1.82, 2.24) is 0 Å². The van der Waals surface area contributed by atoms with Gasteiger partial charge in [0.2, 0.25) is 0 Å². The fraction of sp³-hybridized carbons (Fsp3) is 0.710. The maximum atomic E-state index is 12.4. The van der Waals surface area contributed by atoms with Gasteiger partial charge in [0.25, 0.3) is 0 Å². The van der Waals surface area contributed by atoms with Crippen LogP contribution in [0.3, 0.4) is 0 Å². The molecule has 0 amide bonds. The van der Waals surface area contributed by atoms with E-state index in [0.717, 1.165) is 48.5 Å². The second-order valence-corrected chi connectivity index (χ2v) is 11.0. The number of rotatable bonds is 16. The average molecular weight is 705 g/mol. The minimum Gasteiger partial charge on any atom is -0.463 e. The van der Waals surface area contributed by atoms with Crippen LogP contribution in [0, 0.1) is 0 Å². The van der Waals surface area contributed by atoms with E-state index in [1.807, 2.05) is 0 Å². The quantitative estimate of drug-likeness (QED) is 0.0928. The van der Waals surface area contributed by atoms with E-state index < -0.39 is 116 Å². The summed E-state index contributed by atoms with van der Waals surface area (Å²) in [6.07, 6.45) is -12.4. The third-order valence-corrected chi connectivity index (χ3v) is 6.72. The summed E-state index contributed by atoms with van der Waals surface area (Å²) in [4.78, 5) is 84.8. The highest BCUT2D eigenvalue weighted by Gasteiger charge is 2.57. The van der Waals surface area contributed by atoms with Crippen LogP contribution in [-0.4, -0.2) is 123 Å². The molecule has 49 heavy (non-hydrogen) atoms. The maximum absolute atomic E-state index is 12.4. The molecule has 2 rings (SSSR count). The summed E-state index contributed by atoms with van der Waals surface area (Å²) in [5, 5.41) is 0. The Hall–Kier alpha value is -4.13. The van der Waals surface area contributed by atoms with Gasteiger partial charge in [0, 0.05) is 48.5 Å². The first kappa shape index (κ1) is 41.0. The normalized spacial score (nSPS) is 29.4. The van der Waals surface area contributed by atoms with E-state index in [2.05, 4.69) is 6.58 Å². The van der Waals surface area contributed by atoms with Crippen LogP contribution in [0.1, 0.15) is 61.3 Å². The summed E-state index contributed by atoms with van der Waals surface area (Å²) < 4.78 is 62.0. The van der Waals surface area contributed by atoms with Crippen LogP contribution < -0.4 is 0 Å². The Kier molecular flexibility index (Phi) is 16.6. The Morgan fingerprint density at radius 1 is 0.531 bits per heavy atom. The van der Waals surface area contributed by atoms with Gasteiger partial charge in [0.15, 0.2) is 49.2 Å². The SMILES string of the molecule is C=CCCCO[C@@H]1OC(COC(C)=O)[C@@H](OC(C)=O)[C@H](OC(C)=O)C1O[C@@H]1OC(COC(C)=O)[C@@H](OC(C)=O)[C@H](OC(C)=O)C1OC(C)=O. The zero-order chi connectivity index (χ0) is 36.8. The third kappa shape index (κ3) is 13.4. The number of carbonyl (C=O) groups excluding carboxylic acids is 7. The van der Waals surface area contributed by atoms with Crippen molar-refractivity contribution in [1.29, 1.82) is 0 Å². The second kappa shape index (κ2) is 19.8. The molecule has 0 bridgehead atoms. The molecule has 2 saturated heterocycles. The lowest BCUT2D eigenvalue weighted by atomic mass is 9.96. The summed E-state index contributed by atoms with van der Waals surface area (Å²) in [6, 6.07) is 0. The Bertz CT molecular complexity index is 1200. The van der Waals surface area contributed by atoms with E-state index in [-0.39, 0.29) is 6.61 Å². The van der Waals surface area contributed by atoms with Crippen LogP contribution in [0.4, 0.5) is 0 Å². The topological polar surface area (TPSA) is 221 Å². The fourth-order valence-corrected chi connectivity index (χ4v) is 5.03. The van der Waals surface area contributed by atoms with Crippen LogP contribution in [0.2, 0.25) is 0 Å². The molecule has 2 aliphatic rings. The lowest BCUT2D eigenvalue weighted by Gasteiger charge is -2.48. The molecule has 0 aromatic rings. The molecule has 18 nitrogen and oxygen atoms in total. The predicted octanol–water partition coefficient (Wildman–Crippen LogP) is 0.589. The molecule has 10 atom stereocenters. The Labute approximate surface area is 282 Å². The summed E-state index contributed by atoms with van der Waals surface area (Å²) in [7, 11) is 0. The van der Waals surface area contributed by atoms with Crippen molar-refractivity contribution in [2.45, 2.75) is 123 Å². The summed E-state index contributed by atoms with van der Waals surface area (Å²) >= 11 is 0. The Balaban J connectivity index is 2.71. The van der Waals surface area contributed by atoms with Gasteiger partial charge in [-0.2, -0.15) is 0 Å². The summed E-state index contributed by atoms with van der Waals surface area (Å²) in [5.74, 6) is -5.71. The molecule has 0 spiro atoms. The van der Waals surface area contributed by atoms with E-state index in [4.69, 9.17) is 52.1 Å². The average Bonchev–Trinajstić information content (AvgIpc) is 2.97. The first-order chi connectivity index (χ1) is 23.0. The number of unbranched alkanes of at least 4 members (excludes halogenated alkanes) is 1. The number of esters is 7. The van der Waals surface area contributed by atoms with Crippen LogP contribution >= 0.6 is 0 Å². The predicted molar refractivity (Wildman–Crippen MR) is 159 cm³/mol. The molecule has 2 aliphatic heterocycles. The molecule has 18 heteroatoms. The molecular formula is C31H44O18. The maximum Gasteiger partial charge on any atom is 0.303 e. The Morgan fingerprint density at radius 3 is 1.33 bits per heavy atom. The fourth-order valence-electron chi connectivity index (χ4n) is 5.03.